The first kappa shape index (κ1) is 15.1. The Morgan fingerprint density at radius 1 is 1.46 bits per heavy atom. The molecule has 0 bridgehead atoms. The molecular formula is C9H18IN3. The van der Waals surface area contributed by atoms with Crippen LogP contribution in [0, 0.1) is 12.3 Å². The van der Waals surface area contributed by atoms with Crippen LogP contribution in [0.4, 0.5) is 0 Å². The molecule has 3 nitrogen and oxygen atoms in total. The van der Waals surface area contributed by atoms with Crippen LogP contribution in [0.25, 0.3) is 0 Å². The van der Waals surface area contributed by atoms with Gasteiger partial charge >= 0.3 is 0 Å². The minimum absolute atomic E-state index is 0. The van der Waals surface area contributed by atoms with E-state index in [1.807, 2.05) is 0 Å². The highest BCUT2D eigenvalue weighted by Crippen LogP contribution is 1.97. The number of halogens is 1. The van der Waals surface area contributed by atoms with Gasteiger partial charge in [-0.25, -0.2) is 0 Å². The fourth-order valence-corrected chi connectivity index (χ4v) is 0.669. The molecular weight excluding hydrogens is 277 g/mol. The summed E-state index contributed by atoms with van der Waals surface area (Å²) in [7, 11) is 1.72. The third-order valence-electron chi connectivity index (χ3n) is 1.07. The van der Waals surface area contributed by atoms with Crippen LogP contribution < -0.4 is 10.6 Å². The summed E-state index contributed by atoms with van der Waals surface area (Å²) in [6.45, 7) is 6.69. The Morgan fingerprint density at radius 3 is 2.31 bits per heavy atom. The fourth-order valence-electron chi connectivity index (χ4n) is 0.669. The van der Waals surface area contributed by atoms with E-state index in [-0.39, 0.29) is 29.5 Å². The zero-order valence-electron chi connectivity index (χ0n) is 8.64. The van der Waals surface area contributed by atoms with Gasteiger partial charge in [0, 0.05) is 12.6 Å². The molecule has 13 heavy (non-hydrogen) atoms. The molecule has 0 fully saturated rings. The molecule has 0 aromatic heterocycles. The van der Waals surface area contributed by atoms with Crippen LogP contribution in [0.15, 0.2) is 4.99 Å². The molecule has 0 rings (SSSR count). The second kappa shape index (κ2) is 7.01. The van der Waals surface area contributed by atoms with Crippen molar-refractivity contribution in [2.75, 3.05) is 13.6 Å². The Bertz CT molecular complexity index is 198. The van der Waals surface area contributed by atoms with Crippen molar-refractivity contribution in [3.63, 3.8) is 0 Å². The summed E-state index contributed by atoms with van der Waals surface area (Å²) >= 11 is 0. The molecule has 0 spiro atoms. The number of guanidine groups is 1. The predicted molar refractivity (Wildman–Crippen MR) is 68.5 cm³/mol. The van der Waals surface area contributed by atoms with Crippen LogP contribution in [0.2, 0.25) is 0 Å². The van der Waals surface area contributed by atoms with Crippen molar-refractivity contribution >= 4 is 29.9 Å². The van der Waals surface area contributed by atoms with Crippen molar-refractivity contribution in [1.29, 1.82) is 0 Å². The molecule has 4 heteroatoms. The molecule has 0 aliphatic carbocycles. The van der Waals surface area contributed by atoms with Crippen LogP contribution >= 0.6 is 24.0 Å². The molecule has 0 heterocycles. The summed E-state index contributed by atoms with van der Waals surface area (Å²) in [5.74, 6) is 3.22. The van der Waals surface area contributed by atoms with E-state index in [0.717, 1.165) is 5.96 Å². The predicted octanol–water partition coefficient (Wildman–Crippen LogP) is 1.20. The smallest absolute Gasteiger partial charge is 0.192 e. The van der Waals surface area contributed by atoms with Gasteiger partial charge < -0.3 is 10.6 Å². The third kappa shape index (κ3) is 9.47. The van der Waals surface area contributed by atoms with Gasteiger partial charge in [-0.2, -0.15) is 0 Å². The van der Waals surface area contributed by atoms with Gasteiger partial charge in [-0.15, -0.1) is 30.4 Å². The minimum Gasteiger partial charge on any atom is -0.352 e. The van der Waals surface area contributed by atoms with Gasteiger partial charge in [0.1, 0.15) is 0 Å². The summed E-state index contributed by atoms with van der Waals surface area (Å²) in [5.41, 5.74) is 0.0104. The minimum atomic E-state index is 0. The SMILES string of the molecule is C#CCNC(=NC)NC(C)(C)C.I. The maximum Gasteiger partial charge on any atom is 0.192 e. The molecule has 0 saturated heterocycles. The van der Waals surface area contributed by atoms with Gasteiger partial charge in [-0.05, 0) is 20.8 Å². The highest BCUT2D eigenvalue weighted by Gasteiger charge is 2.10. The normalized spacial score (nSPS) is 11.2. The standard InChI is InChI=1S/C9H17N3.HI/c1-6-7-11-8(10-5)12-9(2,3)4;/h1H,7H2,2-5H3,(H2,10,11,12);1H. The quantitative estimate of drug-likeness (QED) is 0.330. The van der Waals surface area contributed by atoms with Crippen LogP contribution in [-0.2, 0) is 0 Å². The topological polar surface area (TPSA) is 36.4 Å². The Balaban J connectivity index is 0. The van der Waals surface area contributed by atoms with Gasteiger partial charge in [-0.3, -0.25) is 4.99 Å². The second-order valence-corrected chi connectivity index (χ2v) is 3.50. The van der Waals surface area contributed by atoms with Crippen molar-refractivity contribution in [3.05, 3.63) is 0 Å². The molecule has 0 aliphatic rings. The Morgan fingerprint density at radius 2 is 2.00 bits per heavy atom. The molecule has 0 radical (unpaired) electrons. The zero-order chi connectivity index (χ0) is 9.61. The van der Waals surface area contributed by atoms with E-state index in [0.29, 0.717) is 6.54 Å². The average molecular weight is 295 g/mol. The van der Waals surface area contributed by atoms with E-state index in [2.05, 4.69) is 42.3 Å². The van der Waals surface area contributed by atoms with Crippen LogP contribution in [0.3, 0.4) is 0 Å². The Kier molecular flexibility index (Phi) is 8.12. The van der Waals surface area contributed by atoms with Gasteiger partial charge in [0.2, 0.25) is 0 Å². The Hall–Kier alpha value is -0.440. The van der Waals surface area contributed by atoms with E-state index in [1.54, 1.807) is 7.05 Å². The first-order valence-corrected chi connectivity index (χ1v) is 3.92. The third-order valence-corrected chi connectivity index (χ3v) is 1.07. The molecule has 0 amide bonds. The molecule has 0 unspecified atom stereocenters. The van der Waals surface area contributed by atoms with Crippen LogP contribution in [0.1, 0.15) is 20.8 Å². The molecule has 2 N–H and O–H groups in total. The van der Waals surface area contributed by atoms with E-state index in [9.17, 15) is 0 Å². The van der Waals surface area contributed by atoms with E-state index in [1.165, 1.54) is 0 Å². The molecule has 0 saturated carbocycles. The zero-order valence-corrected chi connectivity index (χ0v) is 11.0. The number of terminal acetylenes is 1. The van der Waals surface area contributed by atoms with E-state index >= 15 is 0 Å². The molecule has 0 aliphatic heterocycles. The summed E-state index contributed by atoms with van der Waals surface area (Å²) in [6.07, 6.45) is 5.10. The maximum atomic E-state index is 5.10. The van der Waals surface area contributed by atoms with Gasteiger partial charge in [0.05, 0.1) is 6.54 Å². The lowest BCUT2D eigenvalue weighted by atomic mass is 10.1. The van der Waals surface area contributed by atoms with Crippen molar-refractivity contribution in [3.8, 4) is 12.3 Å². The Labute approximate surface area is 97.8 Å². The van der Waals surface area contributed by atoms with Crippen LogP contribution in [-0.4, -0.2) is 25.1 Å². The first-order valence-electron chi connectivity index (χ1n) is 3.92. The summed E-state index contributed by atoms with van der Waals surface area (Å²) in [6, 6.07) is 0. The lowest BCUT2D eigenvalue weighted by Gasteiger charge is -2.23. The summed E-state index contributed by atoms with van der Waals surface area (Å²) in [4.78, 5) is 4.01. The number of aliphatic imine (C=N–C) groups is 1. The van der Waals surface area contributed by atoms with Gasteiger partial charge in [-0.1, -0.05) is 5.92 Å². The van der Waals surface area contributed by atoms with Crippen molar-refractivity contribution in [2.45, 2.75) is 26.3 Å². The molecule has 0 aromatic carbocycles. The monoisotopic (exact) mass is 295 g/mol. The lowest BCUT2D eigenvalue weighted by molar-refractivity contribution is 0.503. The summed E-state index contributed by atoms with van der Waals surface area (Å²) < 4.78 is 0. The number of nitrogens with zero attached hydrogens (tertiary/aromatic N) is 1. The van der Waals surface area contributed by atoms with Crippen molar-refractivity contribution < 1.29 is 0 Å². The number of rotatable bonds is 1. The van der Waals surface area contributed by atoms with E-state index in [4.69, 9.17) is 6.42 Å². The second-order valence-electron chi connectivity index (χ2n) is 3.50. The van der Waals surface area contributed by atoms with Gasteiger partial charge in [0.25, 0.3) is 0 Å². The fraction of sp³-hybridized carbons (Fsp3) is 0.667. The largest absolute Gasteiger partial charge is 0.352 e. The number of hydrogen-bond acceptors (Lipinski definition) is 1. The molecule has 0 atom stereocenters. The summed E-state index contributed by atoms with van der Waals surface area (Å²) in [5, 5.41) is 6.16. The highest BCUT2D eigenvalue weighted by atomic mass is 127. The maximum absolute atomic E-state index is 5.10. The van der Waals surface area contributed by atoms with Crippen LogP contribution in [0.5, 0.6) is 0 Å². The van der Waals surface area contributed by atoms with E-state index < -0.39 is 0 Å². The van der Waals surface area contributed by atoms with Crippen molar-refractivity contribution in [1.82, 2.24) is 10.6 Å². The molecule has 0 aromatic rings. The highest BCUT2D eigenvalue weighted by molar-refractivity contribution is 14.0. The van der Waals surface area contributed by atoms with Crippen molar-refractivity contribution in [2.24, 2.45) is 4.99 Å². The first-order chi connectivity index (χ1) is 5.49. The number of hydrogen-bond donors (Lipinski definition) is 2. The molecule has 76 valence electrons. The number of nitrogens with one attached hydrogen (secondary N) is 2. The lowest BCUT2D eigenvalue weighted by Crippen LogP contribution is -2.47. The average Bonchev–Trinajstić information content (AvgIpc) is 1.95. The van der Waals surface area contributed by atoms with Gasteiger partial charge in [0.15, 0.2) is 5.96 Å².